The van der Waals surface area contributed by atoms with Crippen molar-refractivity contribution in [2.75, 3.05) is 19.8 Å². The van der Waals surface area contributed by atoms with Crippen molar-refractivity contribution in [3.8, 4) is 27.3 Å². The summed E-state index contributed by atoms with van der Waals surface area (Å²) in [4.78, 5) is 53.6. The molecule has 6 heterocycles. The molecule has 0 unspecified atom stereocenters. The van der Waals surface area contributed by atoms with Crippen LogP contribution >= 0.6 is 34.3 Å². The Balaban J connectivity index is 0.841. The average molecular weight is 978 g/mol. The van der Waals surface area contributed by atoms with E-state index in [1.54, 1.807) is 33.6 Å². The fourth-order valence-corrected chi connectivity index (χ4v) is 10.6. The van der Waals surface area contributed by atoms with Gasteiger partial charge in [-0.05, 0) is 75.3 Å². The first-order chi connectivity index (χ1) is 32.5. The van der Waals surface area contributed by atoms with Crippen molar-refractivity contribution in [1.82, 2.24) is 45.1 Å². The summed E-state index contributed by atoms with van der Waals surface area (Å²) in [6.07, 6.45) is 2.63. The van der Waals surface area contributed by atoms with Crippen molar-refractivity contribution >= 4 is 57.7 Å². The van der Waals surface area contributed by atoms with E-state index in [9.17, 15) is 18.8 Å². The molecule has 1 fully saturated rings. The van der Waals surface area contributed by atoms with Gasteiger partial charge in [-0.15, -0.1) is 32.9 Å². The second kappa shape index (κ2) is 20.3. The first kappa shape index (κ1) is 48.4. The molecule has 14 nitrogen and oxygen atoms in total. The molecule has 18 heteroatoms. The predicted octanol–water partition coefficient (Wildman–Crippen LogP) is 8.29. The minimum Gasteiger partial charge on any atom is -0.372 e. The Hall–Kier alpha value is -6.06. The number of likely N-dealkylation sites (tertiary alicyclic amines) is 1. The molecule has 8 rings (SSSR count). The Kier molecular flexibility index (Phi) is 14.4. The van der Waals surface area contributed by atoms with Crippen LogP contribution in [0.4, 0.5) is 4.39 Å². The summed E-state index contributed by atoms with van der Waals surface area (Å²) in [5.41, 5.74) is 8.46. The minimum atomic E-state index is -1.38. The number of thiophene rings is 1. The molecule has 2 aliphatic rings. The highest BCUT2D eigenvalue weighted by Crippen LogP contribution is 2.39. The number of nitrogens with one attached hydrogen (secondary N) is 2. The number of aromatic nitrogens is 6. The summed E-state index contributed by atoms with van der Waals surface area (Å²) in [5, 5.41) is 20.7. The molecule has 2 aromatic carbocycles. The highest BCUT2D eigenvalue weighted by Gasteiger charge is 2.45. The summed E-state index contributed by atoms with van der Waals surface area (Å²) in [6.45, 7) is 15.5. The number of ether oxygens (including phenoxy) is 1. The largest absolute Gasteiger partial charge is 0.372 e. The molecule has 0 spiro atoms. The van der Waals surface area contributed by atoms with Gasteiger partial charge in [0.25, 0.3) is 0 Å². The fourth-order valence-electron chi connectivity index (χ4n) is 8.46. The summed E-state index contributed by atoms with van der Waals surface area (Å²) >= 11 is 9.38. The maximum Gasteiger partial charge on any atom is 0.246 e. The number of rotatable bonds is 13. The van der Waals surface area contributed by atoms with Crippen molar-refractivity contribution in [2.45, 2.75) is 105 Å². The van der Waals surface area contributed by atoms with Gasteiger partial charge in [0.15, 0.2) is 5.82 Å². The molecule has 4 aromatic heterocycles. The number of benzene rings is 2. The molecule has 3 amide bonds. The van der Waals surface area contributed by atoms with Gasteiger partial charge in [-0.1, -0.05) is 80.6 Å². The molecule has 0 radical (unpaired) electrons. The van der Waals surface area contributed by atoms with Crippen molar-refractivity contribution in [1.29, 1.82) is 0 Å². The zero-order valence-corrected chi connectivity index (χ0v) is 41.7. The van der Waals surface area contributed by atoms with Crippen molar-refractivity contribution in [3.05, 3.63) is 121 Å². The van der Waals surface area contributed by atoms with Gasteiger partial charge in [0.05, 0.1) is 51.0 Å². The number of thiazole rings is 1. The van der Waals surface area contributed by atoms with Crippen molar-refractivity contribution < 1.29 is 23.5 Å². The number of fused-ring (bicyclic) bond motifs is 3. The lowest BCUT2D eigenvalue weighted by Gasteiger charge is -2.35. The van der Waals surface area contributed by atoms with Crippen LogP contribution in [0.1, 0.15) is 110 Å². The molecule has 0 saturated carbocycles. The van der Waals surface area contributed by atoms with E-state index >= 15 is 0 Å². The lowest BCUT2D eigenvalue weighted by molar-refractivity contribution is -0.144. The third-order valence-corrected chi connectivity index (χ3v) is 14.5. The van der Waals surface area contributed by atoms with E-state index in [1.165, 1.54) is 4.90 Å². The summed E-state index contributed by atoms with van der Waals surface area (Å²) in [6, 6.07) is 12.9. The Morgan fingerprint density at radius 2 is 1.75 bits per heavy atom. The zero-order valence-electron chi connectivity index (χ0n) is 39.3. The summed E-state index contributed by atoms with van der Waals surface area (Å²) in [5.74, 6) is 6.74. The molecular formula is C50H54ClFN10O4S2. The number of carbonyl (C=O) groups excluding carboxylic acids is 3. The van der Waals surface area contributed by atoms with Gasteiger partial charge in [0.1, 0.15) is 41.7 Å². The van der Waals surface area contributed by atoms with Gasteiger partial charge in [0, 0.05) is 41.9 Å². The second-order valence-electron chi connectivity index (χ2n) is 18.3. The van der Waals surface area contributed by atoms with Gasteiger partial charge < -0.3 is 20.3 Å². The Morgan fingerprint density at radius 3 is 2.46 bits per heavy atom. The first-order valence-corrected chi connectivity index (χ1v) is 24.6. The Morgan fingerprint density at radius 1 is 1.01 bits per heavy atom. The zero-order chi connectivity index (χ0) is 48.4. The lowest BCUT2D eigenvalue weighted by Crippen LogP contribution is -2.58. The van der Waals surface area contributed by atoms with Crippen LogP contribution in [0, 0.1) is 38.0 Å². The molecular weight excluding hydrogens is 923 g/mol. The summed E-state index contributed by atoms with van der Waals surface area (Å²) < 4.78 is 24.6. The summed E-state index contributed by atoms with van der Waals surface area (Å²) in [7, 11) is 0. The van der Waals surface area contributed by atoms with Gasteiger partial charge >= 0.3 is 0 Å². The molecule has 0 aliphatic carbocycles. The van der Waals surface area contributed by atoms with Gasteiger partial charge in [-0.25, -0.2) is 9.37 Å². The number of carbonyl (C=O) groups is 3. The lowest BCUT2D eigenvalue weighted by atomic mass is 9.85. The smallest absolute Gasteiger partial charge is 0.246 e. The normalized spacial score (nSPS) is 17.6. The molecule has 0 bridgehead atoms. The number of halogens is 2. The van der Waals surface area contributed by atoms with Crippen LogP contribution in [0.2, 0.25) is 5.02 Å². The molecule has 68 heavy (non-hydrogen) atoms. The predicted molar refractivity (Wildman–Crippen MR) is 263 cm³/mol. The van der Waals surface area contributed by atoms with Crippen LogP contribution in [0.5, 0.6) is 0 Å². The third kappa shape index (κ3) is 10.5. The number of aliphatic imine (C=N–C) groups is 1. The molecule has 5 atom stereocenters. The van der Waals surface area contributed by atoms with Crippen molar-refractivity contribution in [3.63, 3.8) is 0 Å². The average Bonchev–Trinajstić information content (AvgIpc) is 4.15. The van der Waals surface area contributed by atoms with E-state index < -0.39 is 47.4 Å². The van der Waals surface area contributed by atoms with Crippen LogP contribution in [0.25, 0.3) is 15.4 Å². The number of aryl methyl sites for hydroxylation is 3. The first-order valence-electron chi connectivity index (χ1n) is 22.5. The van der Waals surface area contributed by atoms with Crippen LogP contribution < -0.4 is 10.6 Å². The maximum atomic E-state index is 15.0. The molecule has 354 valence electrons. The number of amides is 3. The van der Waals surface area contributed by atoms with E-state index in [0.717, 1.165) is 71.2 Å². The SMILES string of the molecule is Cc1ncsc1-c1ccc([C@H](C)NC(=O)[C@@H]2C[C@@H](F)CN2C(=O)[C@@H](NC(=O)COCCCn2cc(C#Cc3sc4c(c3C)C(c3ccc(Cl)cc3)=N[C@@H](C)c3nnc(C)n3-4)cn2)C(C)(C)C)cc1. The maximum absolute atomic E-state index is 15.0. The highest BCUT2D eigenvalue weighted by atomic mass is 35.5. The Labute approximate surface area is 408 Å². The topological polar surface area (TPSA) is 162 Å². The van der Waals surface area contributed by atoms with Crippen LogP contribution in [-0.2, 0) is 25.7 Å². The monoisotopic (exact) mass is 976 g/mol. The molecule has 2 N–H and O–H groups in total. The van der Waals surface area contributed by atoms with E-state index in [2.05, 4.69) is 54.2 Å². The van der Waals surface area contributed by atoms with Crippen LogP contribution in [0.15, 0.2) is 71.4 Å². The fraction of sp³-hybridized carbons (Fsp3) is 0.400. The van der Waals surface area contributed by atoms with Gasteiger partial charge in [-0.2, -0.15) is 5.10 Å². The van der Waals surface area contributed by atoms with Crippen molar-refractivity contribution in [2.24, 2.45) is 10.4 Å². The quantitative estimate of drug-likeness (QED) is 0.0864. The van der Waals surface area contributed by atoms with E-state index in [0.29, 0.717) is 18.0 Å². The number of hydrogen-bond acceptors (Lipinski definition) is 11. The van der Waals surface area contributed by atoms with Gasteiger partial charge in [0.2, 0.25) is 17.7 Å². The van der Waals surface area contributed by atoms with E-state index in [-0.39, 0.29) is 32.2 Å². The number of hydrogen-bond donors (Lipinski definition) is 2. The standard InChI is InChI=1S/C50H54ClFN10O4S2/c1-28-40(68-49-42(28)43(35-15-17-37(51)18-16-35)55-31(4)46-59-58-32(5)62(46)49)19-10-33-23-54-60(24-33)20-9-21-66-26-41(63)57-45(50(6,7)8)48(65)61-25-38(52)22-39(61)47(64)56-29(2)34-11-13-36(14-12-34)44-30(3)53-27-67-44/h11-18,23-24,27,29,31,38-39,45H,9,20-22,25-26H2,1-8H3,(H,56,64)(H,57,63)/t29-,31-,38+,39-,45+/m0/s1. The number of nitrogens with zero attached hydrogens (tertiary/aromatic N) is 8. The van der Waals surface area contributed by atoms with Gasteiger partial charge in [-0.3, -0.25) is 28.6 Å². The van der Waals surface area contributed by atoms with Crippen LogP contribution in [0.3, 0.4) is 0 Å². The minimum absolute atomic E-state index is 0.130. The number of alkyl halides is 1. The molecule has 6 aromatic rings. The van der Waals surface area contributed by atoms with Crippen LogP contribution in [-0.4, -0.2) is 95.9 Å². The van der Waals surface area contributed by atoms with E-state index in [4.69, 9.17) is 21.3 Å². The second-order valence-corrected chi connectivity index (χ2v) is 20.6. The Bertz CT molecular complexity index is 2920. The molecule has 2 aliphatic heterocycles. The molecule has 1 saturated heterocycles. The third-order valence-electron chi connectivity index (χ3n) is 12.1. The highest BCUT2D eigenvalue weighted by molar-refractivity contribution is 7.15. The van der Waals surface area contributed by atoms with E-state index in [1.807, 2.05) is 109 Å².